The number of anilines is 1. The molecule has 2 aromatic carbocycles. The van der Waals surface area contributed by atoms with Gasteiger partial charge in [0.05, 0.1) is 11.9 Å². The molecule has 1 atom stereocenters. The van der Waals surface area contributed by atoms with Gasteiger partial charge in [-0.05, 0) is 49.6 Å². The summed E-state index contributed by atoms with van der Waals surface area (Å²) in [6.45, 7) is 5.32. The fourth-order valence-electron chi connectivity index (χ4n) is 3.25. The summed E-state index contributed by atoms with van der Waals surface area (Å²) in [5, 5.41) is 3.57. The van der Waals surface area contributed by atoms with E-state index in [4.69, 9.17) is 23.2 Å². The molecule has 2 amide bonds. The number of carbonyl (C=O) groups excluding carboxylic acids is 2. The molecular formula is C23H29Cl2N3O4S. The second kappa shape index (κ2) is 11.7. The van der Waals surface area contributed by atoms with Crippen LogP contribution < -0.4 is 9.62 Å². The van der Waals surface area contributed by atoms with Crippen molar-refractivity contribution in [2.24, 2.45) is 0 Å². The molecule has 180 valence electrons. The third kappa shape index (κ3) is 7.35. The Hall–Kier alpha value is -2.29. The summed E-state index contributed by atoms with van der Waals surface area (Å²) in [7, 11) is -3.77. The van der Waals surface area contributed by atoms with Gasteiger partial charge in [-0.25, -0.2) is 8.42 Å². The summed E-state index contributed by atoms with van der Waals surface area (Å²) in [4.78, 5) is 27.5. The third-order valence-corrected chi connectivity index (χ3v) is 6.85. The highest BCUT2D eigenvalue weighted by atomic mass is 35.5. The molecule has 0 heterocycles. The van der Waals surface area contributed by atoms with Gasteiger partial charge in [-0.1, -0.05) is 54.4 Å². The maximum absolute atomic E-state index is 13.5. The molecule has 1 unspecified atom stereocenters. The number of nitrogens with one attached hydrogen (secondary N) is 1. The molecule has 7 nitrogen and oxygen atoms in total. The van der Waals surface area contributed by atoms with Crippen LogP contribution >= 0.6 is 23.2 Å². The van der Waals surface area contributed by atoms with Gasteiger partial charge in [0.2, 0.25) is 21.8 Å². The lowest BCUT2D eigenvalue weighted by Crippen LogP contribution is -2.51. The first kappa shape index (κ1) is 27.0. The van der Waals surface area contributed by atoms with Crippen molar-refractivity contribution in [2.75, 3.05) is 23.7 Å². The first-order valence-electron chi connectivity index (χ1n) is 10.5. The van der Waals surface area contributed by atoms with Crippen LogP contribution in [0.3, 0.4) is 0 Å². The van der Waals surface area contributed by atoms with E-state index in [-0.39, 0.29) is 12.5 Å². The molecule has 2 rings (SSSR count). The highest BCUT2D eigenvalue weighted by molar-refractivity contribution is 7.92. The minimum Gasteiger partial charge on any atom is -0.354 e. The van der Waals surface area contributed by atoms with Crippen LogP contribution in [0.1, 0.15) is 31.4 Å². The maximum atomic E-state index is 13.5. The van der Waals surface area contributed by atoms with Crippen molar-refractivity contribution in [1.29, 1.82) is 0 Å². The molecule has 2 aromatic rings. The normalized spacial score (nSPS) is 12.2. The Kier molecular flexibility index (Phi) is 9.57. The standard InChI is InChI=1S/C23H29Cl2N3O4S/c1-5-12-26-23(30)17(3)27(14-18-10-11-19(24)13-20(18)25)22(29)15-28(33(4,31)32)21-9-7-6-8-16(21)2/h6-11,13,17H,5,12,14-15H2,1-4H3,(H,26,30). The SMILES string of the molecule is CCCNC(=O)C(C)N(Cc1ccc(Cl)cc1Cl)C(=O)CN(c1ccccc1C)S(C)(=O)=O. The second-order valence-electron chi connectivity index (χ2n) is 7.78. The fourth-order valence-corrected chi connectivity index (χ4v) is 4.63. The Bertz CT molecular complexity index is 1110. The summed E-state index contributed by atoms with van der Waals surface area (Å²) < 4.78 is 26.2. The summed E-state index contributed by atoms with van der Waals surface area (Å²) in [6.07, 6.45) is 1.79. The number of aryl methyl sites for hydroxylation is 1. The van der Waals surface area contributed by atoms with Gasteiger partial charge in [0, 0.05) is 23.1 Å². The average Bonchev–Trinajstić information content (AvgIpc) is 2.74. The van der Waals surface area contributed by atoms with Gasteiger partial charge in [0.1, 0.15) is 12.6 Å². The van der Waals surface area contributed by atoms with E-state index in [1.807, 2.05) is 6.92 Å². The number of sulfonamides is 1. The number of carbonyl (C=O) groups is 2. The molecule has 0 aromatic heterocycles. The highest BCUT2D eigenvalue weighted by Crippen LogP contribution is 2.25. The van der Waals surface area contributed by atoms with Crippen molar-refractivity contribution in [2.45, 2.75) is 39.8 Å². The van der Waals surface area contributed by atoms with Crippen LogP contribution in [0, 0.1) is 6.92 Å². The zero-order valence-corrected chi connectivity index (χ0v) is 21.5. The smallest absolute Gasteiger partial charge is 0.244 e. The van der Waals surface area contributed by atoms with Gasteiger partial charge < -0.3 is 10.2 Å². The lowest BCUT2D eigenvalue weighted by atomic mass is 10.1. The van der Waals surface area contributed by atoms with Gasteiger partial charge in [0.25, 0.3) is 0 Å². The average molecular weight is 514 g/mol. The highest BCUT2D eigenvalue weighted by Gasteiger charge is 2.30. The van der Waals surface area contributed by atoms with Crippen LogP contribution in [0.4, 0.5) is 5.69 Å². The van der Waals surface area contributed by atoms with Crippen LogP contribution in [-0.4, -0.2) is 50.5 Å². The van der Waals surface area contributed by atoms with E-state index in [2.05, 4.69) is 5.32 Å². The van der Waals surface area contributed by atoms with Crippen molar-refractivity contribution in [1.82, 2.24) is 10.2 Å². The molecule has 0 spiro atoms. The number of halogens is 2. The minimum absolute atomic E-state index is 0.0148. The van der Waals surface area contributed by atoms with E-state index < -0.39 is 28.5 Å². The lowest BCUT2D eigenvalue weighted by Gasteiger charge is -2.32. The van der Waals surface area contributed by atoms with Crippen molar-refractivity contribution in [3.8, 4) is 0 Å². The number of benzene rings is 2. The molecule has 0 bridgehead atoms. The zero-order chi connectivity index (χ0) is 24.8. The molecule has 0 saturated heterocycles. The number of hydrogen-bond donors (Lipinski definition) is 1. The Morgan fingerprint density at radius 1 is 1.12 bits per heavy atom. The zero-order valence-electron chi connectivity index (χ0n) is 19.1. The van der Waals surface area contributed by atoms with E-state index in [0.29, 0.717) is 33.4 Å². The van der Waals surface area contributed by atoms with Crippen molar-refractivity contribution >= 4 is 50.7 Å². The minimum atomic E-state index is -3.77. The van der Waals surface area contributed by atoms with E-state index in [0.717, 1.165) is 17.0 Å². The van der Waals surface area contributed by atoms with Gasteiger partial charge in [-0.2, -0.15) is 0 Å². The number of rotatable bonds is 10. The first-order valence-corrected chi connectivity index (χ1v) is 13.1. The fraction of sp³-hybridized carbons (Fsp3) is 0.391. The molecule has 0 radical (unpaired) electrons. The Morgan fingerprint density at radius 2 is 1.79 bits per heavy atom. The third-order valence-electron chi connectivity index (χ3n) is 5.14. The quantitative estimate of drug-likeness (QED) is 0.519. The molecule has 1 N–H and O–H groups in total. The Morgan fingerprint density at radius 3 is 2.36 bits per heavy atom. The predicted octanol–water partition coefficient (Wildman–Crippen LogP) is 4.01. The predicted molar refractivity (Wildman–Crippen MR) is 133 cm³/mol. The summed E-state index contributed by atoms with van der Waals surface area (Å²) in [5.41, 5.74) is 1.70. The number of amides is 2. The molecule has 10 heteroatoms. The summed E-state index contributed by atoms with van der Waals surface area (Å²) in [5.74, 6) is -0.870. The largest absolute Gasteiger partial charge is 0.354 e. The second-order valence-corrected chi connectivity index (χ2v) is 10.5. The molecule has 0 fully saturated rings. The van der Waals surface area contributed by atoms with E-state index in [1.54, 1.807) is 56.3 Å². The number of nitrogens with zero attached hydrogens (tertiary/aromatic N) is 2. The Balaban J connectivity index is 2.42. The van der Waals surface area contributed by atoms with Crippen molar-refractivity contribution < 1.29 is 18.0 Å². The van der Waals surface area contributed by atoms with Crippen LogP contribution in [0.5, 0.6) is 0 Å². The molecule has 0 aliphatic heterocycles. The summed E-state index contributed by atoms with van der Waals surface area (Å²) in [6, 6.07) is 10.9. The van der Waals surface area contributed by atoms with Gasteiger partial charge in [-0.15, -0.1) is 0 Å². The van der Waals surface area contributed by atoms with Crippen molar-refractivity contribution in [3.05, 3.63) is 63.6 Å². The first-order chi connectivity index (χ1) is 15.5. The van der Waals surface area contributed by atoms with E-state index >= 15 is 0 Å². The van der Waals surface area contributed by atoms with Crippen LogP contribution in [0.2, 0.25) is 10.0 Å². The lowest BCUT2D eigenvalue weighted by molar-refractivity contribution is -0.139. The van der Waals surface area contributed by atoms with Crippen molar-refractivity contribution in [3.63, 3.8) is 0 Å². The monoisotopic (exact) mass is 513 g/mol. The summed E-state index contributed by atoms with van der Waals surface area (Å²) >= 11 is 12.3. The molecular weight excluding hydrogens is 485 g/mol. The maximum Gasteiger partial charge on any atom is 0.244 e. The van der Waals surface area contributed by atoms with Crippen LogP contribution in [0.15, 0.2) is 42.5 Å². The molecule has 0 saturated carbocycles. The molecule has 0 aliphatic carbocycles. The van der Waals surface area contributed by atoms with Crippen LogP contribution in [-0.2, 0) is 26.2 Å². The van der Waals surface area contributed by atoms with Gasteiger partial charge in [0.15, 0.2) is 0 Å². The topological polar surface area (TPSA) is 86.8 Å². The molecule has 33 heavy (non-hydrogen) atoms. The number of hydrogen-bond acceptors (Lipinski definition) is 4. The Labute approximate surface area is 205 Å². The molecule has 0 aliphatic rings. The van der Waals surface area contributed by atoms with Gasteiger partial charge >= 0.3 is 0 Å². The van der Waals surface area contributed by atoms with E-state index in [1.165, 1.54) is 4.90 Å². The van der Waals surface area contributed by atoms with Crippen LogP contribution in [0.25, 0.3) is 0 Å². The van der Waals surface area contributed by atoms with E-state index in [9.17, 15) is 18.0 Å². The number of para-hydroxylation sites is 1. The van der Waals surface area contributed by atoms with Gasteiger partial charge in [-0.3, -0.25) is 13.9 Å².